The zero-order valence-electron chi connectivity index (χ0n) is 20.7. The van der Waals surface area contributed by atoms with Gasteiger partial charge in [0, 0.05) is 41.5 Å². The topological polar surface area (TPSA) is 114 Å². The summed E-state index contributed by atoms with van der Waals surface area (Å²) in [7, 11) is 0. The maximum absolute atomic E-state index is 12.5. The van der Waals surface area contributed by atoms with Crippen LogP contribution in [0.1, 0.15) is 54.4 Å². The van der Waals surface area contributed by atoms with E-state index in [0.717, 1.165) is 25.0 Å². The molecule has 2 fully saturated rings. The molecule has 8 nitrogen and oxygen atoms in total. The average Bonchev–Trinajstić information content (AvgIpc) is 3.47. The molecule has 0 spiro atoms. The summed E-state index contributed by atoms with van der Waals surface area (Å²) in [4.78, 5) is 48.1. The van der Waals surface area contributed by atoms with E-state index in [-0.39, 0.29) is 42.2 Å². The lowest BCUT2D eigenvalue weighted by Crippen LogP contribution is -2.36. The number of amides is 3. The molecule has 0 aromatic heterocycles. The van der Waals surface area contributed by atoms with Crippen molar-refractivity contribution in [2.24, 2.45) is 0 Å². The number of benzene rings is 2. The predicted molar refractivity (Wildman–Crippen MR) is 143 cm³/mol. The van der Waals surface area contributed by atoms with Crippen LogP contribution in [-0.2, 0) is 9.59 Å². The van der Waals surface area contributed by atoms with Crippen LogP contribution >= 0.6 is 11.8 Å². The van der Waals surface area contributed by atoms with E-state index in [2.05, 4.69) is 16.0 Å². The van der Waals surface area contributed by atoms with E-state index in [1.165, 1.54) is 0 Å². The molecule has 0 saturated carbocycles. The number of thioether (sulfide) groups is 1. The molecule has 4 rings (SSSR count). The van der Waals surface area contributed by atoms with Crippen molar-refractivity contribution in [2.45, 2.75) is 55.9 Å². The number of ketones is 2. The SMILES string of the molecule is O=C(CCCNC(=O)CCCCC1SC[C@H]2NC(=O)N[C@@H]12)COc1ccc(C(=O)c2ccccc2)cc1. The van der Waals surface area contributed by atoms with Crippen molar-refractivity contribution in [3.05, 3.63) is 65.7 Å². The van der Waals surface area contributed by atoms with E-state index in [0.29, 0.717) is 47.9 Å². The van der Waals surface area contributed by atoms with E-state index in [1.54, 1.807) is 36.4 Å². The molecule has 196 valence electrons. The van der Waals surface area contributed by atoms with Crippen LogP contribution in [0.2, 0.25) is 0 Å². The van der Waals surface area contributed by atoms with Crippen molar-refractivity contribution in [1.29, 1.82) is 0 Å². The van der Waals surface area contributed by atoms with Gasteiger partial charge in [0.25, 0.3) is 0 Å². The molecule has 2 saturated heterocycles. The molecule has 2 heterocycles. The largest absolute Gasteiger partial charge is 0.486 e. The van der Waals surface area contributed by atoms with Crippen molar-refractivity contribution >= 4 is 35.3 Å². The van der Waals surface area contributed by atoms with Gasteiger partial charge in [0.15, 0.2) is 11.6 Å². The highest BCUT2D eigenvalue weighted by Crippen LogP contribution is 2.33. The number of urea groups is 1. The van der Waals surface area contributed by atoms with E-state index in [9.17, 15) is 19.2 Å². The van der Waals surface area contributed by atoms with Crippen molar-refractivity contribution in [2.75, 3.05) is 18.9 Å². The van der Waals surface area contributed by atoms with Gasteiger partial charge >= 0.3 is 6.03 Å². The standard InChI is InChI=1S/C28H33N3O5S/c32-21(17-36-22-14-12-20(13-15-22)27(34)19-7-2-1-3-8-19)9-6-16-29-25(33)11-5-4-10-24-26-23(18-37-24)30-28(35)31-26/h1-3,7-8,12-15,23-24,26H,4-6,9-11,16-18H2,(H,29,33)(H2,30,31,35)/t23-,24?,26-/m1/s1. The fourth-order valence-electron chi connectivity index (χ4n) is 4.57. The van der Waals surface area contributed by atoms with Crippen molar-refractivity contribution in [3.8, 4) is 5.75 Å². The van der Waals surface area contributed by atoms with Gasteiger partial charge in [0.1, 0.15) is 12.4 Å². The minimum absolute atomic E-state index is 0.00151. The molecule has 1 unspecified atom stereocenters. The van der Waals surface area contributed by atoms with Crippen LogP contribution in [0.15, 0.2) is 54.6 Å². The average molecular weight is 524 g/mol. The lowest BCUT2D eigenvalue weighted by atomic mass is 10.0. The van der Waals surface area contributed by atoms with Gasteiger partial charge in [-0.15, -0.1) is 0 Å². The van der Waals surface area contributed by atoms with E-state index in [1.807, 2.05) is 30.0 Å². The van der Waals surface area contributed by atoms with Crippen LogP contribution in [0, 0.1) is 0 Å². The third-order valence-electron chi connectivity index (χ3n) is 6.59. The first-order chi connectivity index (χ1) is 18.0. The first-order valence-corrected chi connectivity index (χ1v) is 13.8. The molecular weight excluding hydrogens is 490 g/mol. The second-order valence-electron chi connectivity index (χ2n) is 9.37. The number of ether oxygens (including phenoxy) is 1. The molecule has 0 radical (unpaired) electrons. The molecule has 2 aliphatic heterocycles. The van der Waals surface area contributed by atoms with Gasteiger partial charge in [-0.25, -0.2) is 4.79 Å². The molecule has 3 N–H and O–H groups in total. The number of hydrogen-bond donors (Lipinski definition) is 3. The summed E-state index contributed by atoms with van der Waals surface area (Å²) in [5.74, 6) is 1.37. The minimum atomic E-state index is -0.0735. The second kappa shape index (κ2) is 13.3. The number of rotatable bonds is 14. The van der Waals surface area contributed by atoms with Crippen LogP contribution in [-0.4, -0.2) is 59.7 Å². The molecule has 3 amide bonds. The number of Topliss-reactive ketones (excluding diaryl/α,β-unsaturated/α-hetero) is 1. The Morgan fingerprint density at radius 1 is 0.919 bits per heavy atom. The fraction of sp³-hybridized carbons (Fsp3) is 0.429. The van der Waals surface area contributed by atoms with Crippen molar-refractivity contribution < 1.29 is 23.9 Å². The third kappa shape index (κ3) is 7.82. The number of unbranched alkanes of at least 4 members (excludes halogenated alkanes) is 1. The Hall–Kier alpha value is -3.33. The van der Waals surface area contributed by atoms with Gasteiger partial charge in [-0.2, -0.15) is 11.8 Å². The lowest BCUT2D eigenvalue weighted by molar-refractivity contribution is -0.122. The van der Waals surface area contributed by atoms with Crippen LogP contribution in [0.3, 0.4) is 0 Å². The summed E-state index contributed by atoms with van der Waals surface area (Å²) < 4.78 is 5.55. The normalized spacial score (nSPS) is 20.0. The maximum Gasteiger partial charge on any atom is 0.315 e. The number of carbonyl (C=O) groups is 4. The third-order valence-corrected chi connectivity index (χ3v) is 8.10. The van der Waals surface area contributed by atoms with E-state index < -0.39 is 0 Å². The van der Waals surface area contributed by atoms with Gasteiger partial charge < -0.3 is 20.7 Å². The Balaban J connectivity index is 1.03. The molecular formula is C28H33N3O5S. The molecule has 3 atom stereocenters. The molecule has 9 heteroatoms. The van der Waals surface area contributed by atoms with Gasteiger partial charge in [-0.05, 0) is 43.5 Å². The minimum Gasteiger partial charge on any atom is -0.486 e. The lowest BCUT2D eigenvalue weighted by Gasteiger charge is -2.16. The highest BCUT2D eigenvalue weighted by atomic mass is 32.2. The quantitative estimate of drug-likeness (QED) is 0.199. The van der Waals surface area contributed by atoms with E-state index in [4.69, 9.17) is 4.74 Å². The monoisotopic (exact) mass is 523 g/mol. The smallest absolute Gasteiger partial charge is 0.315 e. The Labute approximate surface area is 221 Å². The van der Waals surface area contributed by atoms with Crippen LogP contribution in [0.5, 0.6) is 5.75 Å². The van der Waals surface area contributed by atoms with Crippen molar-refractivity contribution in [3.63, 3.8) is 0 Å². The molecule has 2 aliphatic rings. The summed E-state index contributed by atoms with van der Waals surface area (Å²) in [5.41, 5.74) is 1.18. The Morgan fingerprint density at radius 2 is 1.68 bits per heavy atom. The highest BCUT2D eigenvalue weighted by molar-refractivity contribution is 8.00. The van der Waals surface area contributed by atoms with Gasteiger partial charge in [-0.1, -0.05) is 36.8 Å². The van der Waals surface area contributed by atoms with Crippen LogP contribution in [0.4, 0.5) is 4.79 Å². The van der Waals surface area contributed by atoms with E-state index >= 15 is 0 Å². The van der Waals surface area contributed by atoms with Gasteiger partial charge in [-0.3, -0.25) is 14.4 Å². The van der Waals surface area contributed by atoms with Crippen LogP contribution < -0.4 is 20.7 Å². The first-order valence-electron chi connectivity index (χ1n) is 12.8. The van der Waals surface area contributed by atoms with Gasteiger partial charge in [0.05, 0.1) is 12.1 Å². The summed E-state index contributed by atoms with van der Waals surface area (Å²) in [6.07, 6.45) is 4.10. The number of fused-ring (bicyclic) bond motifs is 1. The molecule has 37 heavy (non-hydrogen) atoms. The van der Waals surface area contributed by atoms with Gasteiger partial charge in [0.2, 0.25) is 5.91 Å². The number of carbonyl (C=O) groups excluding carboxylic acids is 4. The summed E-state index contributed by atoms with van der Waals surface area (Å²) in [6, 6.07) is 16.2. The summed E-state index contributed by atoms with van der Waals surface area (Å²) in [6.45, 7) is 0.414. The summed E-state index contributed by atoms with van der Waals surface area (Å²) in [5, 5.41) is 9.22. The second-order valence-corrected chi connectivity index (χ2v) is 10.6. The predicted octanol–water partition coefficient (Wildman–Crippen LogP) is 3.49. The summed E-state index contributed by atoms with van der Waals surface area (Å²) >= 11 is 1.88. The Kier molecular flexibility index (Phi) is 9.59. The zero-order chi connectivity index (χ0) is 26.0. The molecule has 2 aromatic rings. The van der Waals surface area contributed by atoms with Crippen LogP contribution in [0.25, 0.3) is 0 Å². The fourth-order valence-corrected chi connectivity index (χ4v) is 6.11. The number of nitrogens with one attached hydrogen (secondary N) is 3. The zero-order valence-corrected chi connectivity index (χ0v) is 21.6. The molecule has 2 aromatic carbocycles. The highest BCUT2D eigenvalue weighted by Gasteiger charge is 2.42. The Bertz CT molecular complexity index is 1090. The Morgan fingerprint density at radius 3 is 2.46 bits per heavy atom. The molecule has 0 bridgehead atoms. The van der Waals surface area contributed by atoms with Crippen molar-refractivity contribution in [1.82, 2.24) is 16.0 Å². The molecule has 0 aliphatic carbocycles. The maximum atomic E-state index is 12.5. The first kappa shape index (κ1) is 26.7. The number of hydrogen-bond acceptors (Lipinski definition) is 6.